The highest BCUT2D eigenvalue weighted by atomic mass is 35.5. The number of nitrogens with one attached hydrogen (secondary N) is 1. The number of rotatable bonds is 5. The van der Waals surface area contributed by atoms with E-state index in [4.69, 9.17) is 46.4 Å². The second-order valence-corrected chi connectivity index (χ2v) is 6.34. The van der Waals surface area contributed by atoms with Crippen LogP contribution in [0.5, 0.6) is 0 Å². The van der Waals surface area contributed by atoms with Crippen LogP contribution < -0.4 is 5.32 Å². The number of likely N-dealkylation sites (N-methyl/N-ethyl adjacent to an activating group) is 1. The van der Waals surface area contributed by atoms with Crippen LogP contribution in [-0.2, 0) is 6.42 Å². The van der Waals surface area contributed by atoms with Crippen molar-refractivity contribution in [1.29, 1.82) is 0 Å². The van der Waals surface area contributed by atoms with Gasteiger partial charge < -0.3 is 5.32 Å². The fourth-order valence-electron chi connectivity index (χ4n) is 2.29. The molecular weight excluding hydrogens is 348 g/mol. The molecule has 0 spiro atoms. The summed E-state index contributed by atoms with van der Waals surface area (Å²) in [5, 5.41) is 6.04. The summed E-state index contributed by atoms with van der Waals surface area (Å²) in [6, 6.07) is 10.9. The normalized spacial score (nSPS) is 12.4. The number of hydrogen-bond donors (Lipinski definition) is 1. The molecule has 0 saturated heterocycles. The Bertz CT molecular complexity index is 607. The van der Waals surface area contributed by atoms with Crippen molar-refractivity contribution in [3.8, 4) is 0 Å². The SMILES string of the molecule is CCNC(Cc1cc(Cl)ccc1Cl)c1c(Cl)cccc1Cl. The molecule has 2 rings (SSSR count). The molecule has 0 radical (unpaired) electrons. The molecule has 5 heteroatoms. The zero-order chi connectivity index (χ0) is 15.4. The Morgan fingerprint density at radius 3 is 2.24 bits per heavy atom. The molecule has 1 nitrogen and oxygen atoms in total. The predicted octanol–water partition coefficient (Wildman–Crippen LogP) is 6.19. The van der Waals surface area contributed by atoms with Crippen LogP contribution in [0.1, 0.15) is 24.1 Å². The second kappa shape index (κ2) is 7.71. The van der Waals surface area contributed by atoms with Crippen molar-refractivity contribution < 1.29 is 0 Å². The van der Waals surface area contributed by atoms with Crippen molar-refractivity contribution in [3.05, 3.63) is 67.6 Å². The minimum absolute atomic E-state index is 0.0211. The molecule has 0 aliphatic carbocycles. The van der Waals surface area contributed by atoms with E-state index >= 15 is 0 Å². The summed E-state index contributed by atoms with van der Waals surface area (Å²) >= 11 is 24.9. The lowest BCUT2D eigenvalue weighted by atomic mass is 9.98. The van der Waals surface area contributed by atoms with Gasteiger partial charge in [-0.2, -0.15) is 0 Å². The van der Waals surface area contributed by atoms with E-state index in [1.54, 1.807) is 12.1 Å². The zero-order valence-electron chi connectivity index (χ0n) is 11.5. The summed E-state index contributed by atoms with van der Waals surface area (Å²) in [4.78, 5) is 0. The van der Waals surface area contributed by atoms with Crippen molar-refractivity contribution >= 4 is 46.4 Å². The van der Waals surface area contributed by atoms with Crippen molar-refractivity contribution in [3.63, 3.8) is 0 Å². The van der Waals surface area contributed by atoms with Crippen LogP contribution in [0.3, 0.4) is 0 Å². The molecule has 1 atom stereocenters. The maximum Gasteiger partial charge on any atom is 0.0468 e. The van der Waals surface area contributed by atoms with Gasteiger partial charge in [0.15, 0.2) is 0 Å². The molecular formula is C16H15Cl4N. The van der Waals surface area contributed by atoms with Crippen molar-refractivity contribution in [2.24, 2.45) is 0 Å². The van der Waals surface area contributed by atoms with Crippen LogP contribution in [0, 0.1) is 0 Å². The fourth-order valence-corrected chi connectivity index (χ4v) is 3.34. The lowest BCUT2D eigenvalue weighted by Gasteiger charge is -2.21. The predicted molar refractivity (Wildman–Crippen MR) is 93.0 cm³/mol. The molecule has 1 N–H and O–H groups in total. The van der Waals surface area contributed by atoms with Crippen LogP contribution >= 0.6 is 46.4 Å². The third-order valence-corrected chi connectivity index (χ3v) is 4.49. The Morgan fingerprint density at radius 1 is 0.952 bits per heavy atom. The maximum absolute atomic E-state index is 6.31. The third-order valence-electron chi connectivity index (χ3n) is 3.23. The lowest BCUT2D eigenvalue weighted by molar-refractivity contribution is 0.550. The monoisotopic (exact) mass is 361 g/mol. The van der Waals surface area contributed by atoms with Crippen molar-refractivity contribution in [2.45, 2.75) is 19.4 Å². The summed E-state index contributed by atoms with van der Waals surface area (Å²) in [6.07, 6.45) is 0.663. The van der Waals surface area contributed by atoms with E-state index in [0.29, 0.717) is 26.5 Å². The molecule has 0 aliphatic heterocycles. The number of benzene rings is 2. The molecule has 0 aliphatic rings. The van der Waals surface area contributed by atoms with Gasteiger partial charge in [-0.25, -0.2) is 0 Å². The molecule has 2 aromatic carbocycles. The molecule has 0 fully saturated rings. The standard InChI is InChI=1S/C16H15Cl4N/c1-2-21-15(16-13(19)4-3-5-14(16)20)9-10-8-11(17)6-7-12(10)18/h3-8,15,21H,2,9H2,1H3. The quantitative estimate of drug-likeness (QED) is 0.668. The highest BCUT2D eigenvalue weighted by molar-refractivity contribution is 6.36. The van der Waals surface area contributed by atoms with E-state index in [2.05, 4.69) is 5.32 Å². The van der Waals surface area contributed by atoms with Gasteiger partial charge in [0.2, 0.25) is 0 Å². The van der Waals surface area contributed by atoms with Crippen molar-refractivity contribution in [1.82, 2.24) is 5.32 Å². The van der Waals surface area contributed by atoms with Crippen LogP contribution in [0.25, 0.3) is 0 Å². The summed E-state index contributed by atoms with van der Waals surface area (Å²) in [7, 11) is 0. The maximum atomic E-state index is 6.31. The van der Waals surface area contributed by atoms with Gasteiger partial charge in [0, 0.05) is 31.7 Å². The van der Waals surface area contributed by atoms with Gasteiger partial charge in [0.05, 0.1) is 0 Å². The zero-order valence-corrected chi connectivity index (χ0v) is 14.5. The van der Waals surface area contributed by atoms with E-state index in [9.17, 15) is 0 Å². The Kier molecular flexibility index (Phi) is 6.21. The average molecular weight is 363 g/mol. The Hall–Kier alpha value is -0.440. The third kappa shape index (κ3) is 4.28. The molecule has 2 aromatic rings. The first-order valence-electron chi connectivity index (χ1n) is 6.64. The summed E-state index contributed by atoms with van der Waals surface area (Å²) in [5.41, 5.74) is 1.85. The van der Waals surface area contributed by atoms with Crippen LogP contribution in [-0.4, -0.2) is 6.54 Å². The van der Waals surface area contributed by atoms with Crippen molar-refractivity contribution in [2.75, 3.05) is 6.54 Å². The molecule has 0 heterocycles. The highest BCUT2D eigenvalue weighted by Gasteiger charge is 2.19. The largest absolute Gasteiger partial charge is 0.310 e. The van der Waals surface area contributed by atoms with Gasteiger partial charge in [-0.3, -0.25) is 0 Å². The minimum Gasteiger partial charge on any atom is -0.310 e. The first-order chi connectivity index (χ1) is 10.0. The van der Waals surface area contributed by atoms with Gasteiger partial charge in [-0.05, 0) is 48.9 Å². The second-order valence-electron chi connectivity index (χ2n) is 4.69. The first kappa shape index (κ1) is 16.9. The molecule has 0 saturated carbocycles. The molecule has 0 bridgehead atoms. The van der Waals surface area contributed by atoms with E-state index in [0.717, 1.165) is 17.7 Å². The molecule has 112 valence electrons. The summed E-state index contributed by atoms with van der Waals surface area (Å²) in [5.74, 6) is 0. The highest BCUT2D eigenvalue weighted by Crippen LogP contribution is 2.34. The summed E-state index contributed by atoms with van der Waals surface area (Å²) < 4.78 is 0. The van der Waals surface area contributed by atoms with E-state index in [1.807, 2.05) is 31.2 Å². The minimum atomic E-state index is -0.0211. The topological polar surface area (TPSA) is 12.0 Å². The van der Waals surface area contributed by atoms with E-state index in [1.165, 1.54) is 0 Å². The number of hydrogen-bond acceptors (Lipinski definition) is 1. The van der Waals surface area contributed by atoms with E-state index in [-0.39, 0.29) is 6.04 Å². The Labute approximate surface area is 145 Å². The molecule has 1 unspecified atom stereocenters. The lowest BCUT2D eigenvalue weighted by Crippen LogP contribution is -2.23. The fraction of sp³-hybridized carbons (Fsp3) is 0.250. The van der Waals surface area contributed by atoms with Crippen LogP contribution in [0.4, 0.5) is 0 Å². The summed E-state index contributed by atoms with van der Waals surface area (Å²) in [6.45, 7) is 2.84. The molecule has 0 aromatic heterocycles. The van der Waals surface area contributed by atoms with Gasteiger partial charge in [0.1, 0.15) is 0 Å². The first-order valence-corrected chi connectivity index (χ1v) is 8.15. The number of halogens is 4. The Morgan fingerprint density at radius 2 is 1.62 bits per heavy atom. The molecule has 0 amide bonds. The smallest absolute Gasteiger partial charge is 0.0468 e. The van der Waals surface area contributed by atoms with Crippen LogP contribution in [0.15, 0.2) is 36.4 Å². The van der Waals surface area contributed by atoms with E-state index < -0.39 is 0 Å². The average Bonchev–Trinajstić information content (AvgIpc) is 2.43. The van der Waals surface area contributed by atoms with Gasteiger partial charge in [0.25, 0.3) is 0 Å². The van der Waals surface area contributed by atoms with Gasteiger partial charge in [-0.15, -0.1) is 0 Å². The molecule has 21 heavy (non-hydrogen) atoms. The van der Waals surface area contributed by atoms with Gasteiger partial charge in [-0.1, -0.05) is 59.4 Å². The Balaban J connectivity index is 2.38. The van der Waals surface area contributed by atoms with Gasteiger partial charge >= 0.3 is 0 Å². The van der Waals surface area contributed by atoms with Crippen LogP contribution in [0.2, 0.25) is 20.1 Å².